The number of rotatable bonds is 4. The molecule has 1 aliphatic rings. The van der Waals surface area contributed by atoms with Gasteiger partial charge in [0, 0.05) is 5.70 Å². The number of nitrogens with zero attached hydrogens (tertiary/aromatic N) is 3. The minimum atomic E-state index is -0.0624. The summed E-state index contributed by atoms with van der Waals surface area (Å²) in [7, 11) is 1.68. The molecule has 0 aliphatic carbocycles. The van der Waals surface area contributed by atoms with Gasteiger partial charge >= 0.3 is 0 Å². The highest BCUT2D eigenvalue weighted by Gasteiger charge is 2.23. The Morgan fingerprint density at radius 1 is 0.862 bits per heavy atom. The van der Waals surface area contributed by atoms with Crippen molar-refractivity contribution in [1.82, 2.24) is 14.8 Å². The Kier molecular flexibility index (Phi) is 4.33. The van der Waals surface area contributed by atoms with Crippen LogP contribution in [0, 0.1) is 0 Å². The molecule has 1 atom stereocenters. The van der Waals surface area contributed by atoms with Gasteiger partial charge in [-0.1, -0.05) is 66.7 Å². The SMILES string of the molecule is COc1cccc([C@@H]2C=C(c3ccc(-c4ccccc4)cc3)Nc3ncnn32)c1. The zero-order valence-corrected chi connectivity index (χ0v) is 16.0. The molecule has 0 amide bonds. The lowest BCUT2D eigenvalue weighted by atomic mass is 9.99. The number of ether oxygens (including phenoxy) is 1. The van der Waals surface area contributed by atoms with E-state index in [1.54, 1.807) is 13.4 Å². The summed E-state index contributed by atoms with van der Waals surface area (Å²) in [5.74, 6) is 1.55. The number of methoxy groups -OCH3 is 1. The first kappa shape index (κ1) is 17.3. The van der Waals surface area contributed by atoms with Crippen LogP contribution in [0.3, 0.4) is 0 Å². The Morgan fingerprint density at radius 3 is 2.41 bits per heavy atom. The second-order valence-corrected chi connectivity index (χ2v) is 6.90. The zero-order valence-electron chi connectivity index (χ0n) is 16.0. The van der Waals surface area contributed by atoms with Gasteiger partial charge in [0.15, 0.2) is 0 Å². The molecule has 1 N–H and O–H groups in total. The van der Waals surface area contributed by atoms with E-state index in [9.17, 15) is 0 Å². The van der Waals surface area contributed by atoms with Crippen molar-refractivity contribution in [3.8, 4) is 16.9 Å². The lowest BCUT2D eigenvalue weighted by Gasteiger charge is -2.24. The largest absolute Gasteiger partial charge is 0.497 e. The summed E-state index contributed by atoms with van der Waals surface area (Å²) < 4.78 is 7.29. The second kappa shape index (κ2) is 7.28. The van der Waals surface area contributed by atoms with E-state index in [4.69, 9.17) is 4.74 Å². The molecule has 0 fully saturated rings. The Labute approximate surface area is 169 Å². The predicted molar refractivity (Wildman–Crippen MR) is 115 cm³/mol. The lowest BCUT2D eigenvalue weighted by molar-refractivity contribution is 0.413. The Hall–Kier alpha value is -3.86. The Balaban J connectivity index is 1.52. The topological polar surface area (TPSA) is 52.0 Å². The highest BCUT2D eigenvalue weighted by Crippen LogP contribution is 2.33. The molecule has 1 aromatic heterocycles. The molecule has 0 saturated heterocycles. The number of aromatic nitrogens is 3. The number of benzene rings is 3. The first-order valence-electron chi connectivity index (χ1n) is 9.50. The average molecular weight is 380 g/mol. The van der Waals surface area contributed by atoms with Crippen molar-refractivity contribution in [3.63, 3.8) is 0 Å². The molecule has 5 heteroatoms. The molecule has 4 aromatic rings. The Bertz CT molecular complexity index is 1160. The van der Waals surface area contributed by atoms with E-state index in [1.165, 1.54) is 11.1 Å². The summed E-state index contributed by atoms with van der Waals surface area (Å²) in [6.45, 7) is 0. The molecule has 2 heterocycles. The zero-order chi connectivity index (χ0) is 19.6. The highest BCUT2D eigenvalue weighted by molar-refractivity contribution is 5.78. The molecule has 3 aromatic carbocycles. The standard InChI is InChI=1S/C24H20N4O/c1-29-21-9-5-8-20(14-21)23-15-22(27-24-25-16-26-28(23)24)19-12-10-18(11-13-19)17-6-3-2-4-7-17/h2-16,23H,1H3,(H,25,26,27)/t23-/m0/s1. The maximum absolute atomic E-state index is 5.40. The van der Waals surface area contributed by atoms with Crippen molar-refractivity contribution in [3.05, 3.63) is 102 Å². The van der Waals surface area contributed by atoms with Gasteiger partial charge in [0.2, 0.25) is 5.95 Å². The summed E-state index contributed by atoms with van der Waals surface area (Å²) in [4.78, 5) is 4.38. The van der Waals surface area contributed by atoms with Crippen molar-refractivity contribution in [1.29, 1.82) is 0 Å². The van der Waals surface area contributed by atoms with Crippen LogP contribution >= 0.6 is 0 Å². The fraction of sp³-hybridized carbons (Fsp3) is 0.0833. The average Bonchev–Trinajstić information content (AvgIpc) is 3.28. The quantitative estimate of drug-likeness (QED) is 0.541. The van der Waals surface area contributed by atoms with E-state index < -0.39 is 0 Å². The van der Waals surface area contributed by atoms with E-state index >= 15 is 0 Å². The van der Waals surface area contributed by atoms with Crippen LogP contribution in [0.25, 0.3) is 16.8 Å². The molecule has 1 aliphatic heterocycles. The fourth-order valence-electron chi connectivity index (χ4n) is 3.64. The van der Waals surface area contributed by atoms with Crippen LogP contribution in [-0.4, -0.2) is 21.9 Å². The third-order valence-corrected chi connectivity index (χ3v) is 5.15. The fourth-order valence-corrected chi connectivity index (χ4v) is 3.64. The smallest absolute Gasteiger partial charge is 0.226 e. The molecule has 5 nitrogen and oxygen atoms in total. The first-order valence-corrected chi connectivity index (χ1v) is 9.50. The maximum atomic E-state index is 5.40. The maximum Gasteiger partial charge on any atom is 0.226 e. The highest BCUT2D eigenvalue weighted by atomic mass is 16.5. The van der Waals surface area contributed by atoms with Crippen molar-refractivity contribution < 1.29 is 4.74 Å². The van der Waals surface area contributed by atoms with Crippen LogP contribution in [0.5, 0.6) is 5.75 Å². The normalized spacial score (nSPS) is 15.2. The van der Waals surface area contributed by atoms with Crippen LogP contribution < -0.4 is 10.1 Å². The summed E-state index contributed by atoms with van der Waals surface area (Å²) in [6, 6.07) is 26.9. The molecule has 142 valence electrons. The van der Waals surface area contributed by atoms with Crippen molar-refractivity contribution in [2.45, 2.75) is 6.04 Å². The molecule has 0 spiro atoms. The van der Waals surface area contributed by atoms with Crippen LogP contribution in [0.15, 0.2) is 91.3 Å². The van der Waals surface area contributed by atoms with Gasteiger partial charge in [0.1, 0.15) is 18.1 Å². The number of nitrogens with one attached hydrogen (secondary N) is 1. The molecule has 0 bridgehead atoms. The van der Waals surface area contributed by atoms with Crippen molar-refractivity contribution in [2.24, 2.45) is 0 Å². The third kappa shape index (κ3) is 3.27. The molecule has 0 unspecified atom stereocenters. The minimum absolute atomic E-state index is 0.0624. The van der Waals surface area contributed by atoms with Gasteiger partial charge in [-0.3, -0.25) is 0 Å². The first-order chi connectivity index (χ1) is 14.3. The molecule has 0 radical (unpaired) electrons. The van der Waals surface area contributed by atoms with Gasteiger partial charge in [-0.25, -0.2) is 4.68 Å². The van der Waals surface area contributed by atoms with Gasteiger partial charge in [0.05, 0.1) is 7.11 Å². The Morgan fingerprint density at radius 2 is 1.62 bits per heavy atom. The molecular formula is C24H20N4O. The van der Waals surface area contributed by atoms with Crippen LogP contribution in [0.2, 0.25) is 0 Å². The second-order valence-electron chi connectivity index (χ2n) is 6.90. The number of fused-ring (bicyclic) bond motifs is 1. The summed E-state index contributed by atoms with van der Waals surface area (Å²) in [5, 5.41) is 7.81. The number of hydrogen-bond donors (Lipinski definition) is 1. The van der Waals surface area contributed by atoms with Gasteiger partial charge in [-0.15, -0.1) is 0 Å². The lowest BCUT2D eigenvalue weighted by Crippen LogP contribution is -2.20. The molecule has 5 rings (SSSR count). The van der Waals surface area contributed by atoms with Gasteiger partial charge < -0.3 is 10.1 Å². The number of anilines is 1. The predicted octanol–water partition coefficient (Wildman–Crippen LogP) is 5.01. The van der Waals surface area contributed by atoms with Crippen LogP contribution in [-0.2, 0) is 0 Å². The van der Waals surface area contributed by atoms with E-state index in [0.717, 1.165) is 28.5 Å². The minimum Gasteiger partial charge on any atom is -0.497 e. The van der Waals surface area contributed by atoms with Crippen molar-refractivity contribution >= 4 is 11.6 Å². The molecular weight excluding hydrogens is 360 g/mol. The number of allylic oxidation sites excluding steroid dienone is 1. The number of hydrogen-bond acceptors (Lipinski definition) is 4. The summed E-state index contributed by atoms with van der Waals surface area (Å²) in [5.41, 5.74) is 5.61. The van der Waals surface area contributed by atoms with Gasteiger partial charge in [-0.2, -0.15) is 10.1 Å². The third-order valence-electron chi connectivity index (χ3n) is 5.15. The van der Waals surface area contributed by atoms with E-state index in [2.05, 4.69) is 76.1 Å². The van der Waals surface area contributed by atoms with Crippen LogP contribution in [0.4, 0.5) is 5.95 Å². The van der Waals surface area contributed by atoms with Gasteiger partial charge in [0.25, 0.3) is 0 Å². The van der Waals surface area contributed by atoms with Crippen LogP contribution in [0.1, 0.15) is 17.2 Å². The van der Waals surface area contributed by atoms with E-state index in [0.29, 0.717) is 0 Å². The summed E-state index contributed by atoms with van der Waals surface area (Å²) >= 11 is 0. The summed E-state index contributed by atoms with van der Waals surface area (Å²) in [6.07, 6.45) is 3.75. The monoisotopic (exact) mass is 380 g/mol. The molecule has 0 saturated carbocycles. The van der Waals surface area contributed by atoms with Gasteiger partial charge in [-0.05, 0) is 40.5 Å². The molecule has 29 heavy (non-hydrogen) atoms. The van der Waals surface area contributed by atoms with E-state index in [-0.39, 0.29) is 6.04 Å². The van der Waals surface area contributed by atoms with Crippen molar-refractivity contribution in [2.75, 3.05) is 12.4 Å². The van der Waals surface area contributed by atoms with E-state index in [1.807, 2.05) is 28.9 Å².